The minimum Gasteiger partial charge on any atom is -0.352 e. The highest BCUT2D eigenvalue weighted by Gasteiger charge is 2.41. The molecule has 0 spiro atoms. The summed E-state index contributed by atoms with van der Waals surface area (Å²) in [4.78, 5) is 25.6. The number of hydrogen-bond donors (Lipinski definition) is 2. The minimum atomic E-state index is -0.408. The molecule has 0 saturated heterocycles. The summed E-state index contributed by atoms with van der Waals surface area (Å²) in [5.74, 6) is -0.0213. The molecule has 2 fully saturated rings. The zero-order chi connectivity index (χ0) is 13.2. The fourth-order valence-electron chi connectivity index (χ4n) is 2.75. The van der Waals surface area contributed by atoms with Gasteiger partial charge in [0, 0.05) is 19.6 Å². The Morgan fingerprint density at radius 2 is 1.94 bits per heavy atom. The van der Waals surface area contributed by atoms with Crippen LogP contribution in [0.2, 0.25) is 0 Å². The van der Waals surface area contributed by atoms with Crippen LogP contribution in [0.5, 0.6) is 0 Å². The van der Waals surface area contributed by atoms with E-state index in [1.165, 1.54) is 4.90 Å². The van der Waals surface area contributed by atoms with Crippen molar-refractivity contribution in [2.45, 2.75) is 44.6 Å². The van der Waals surface area contributed by atoms with E-state index in [0.717, 1.165) is 38.5 Å². The molecule has 0 aromatic carbocycles. The van der Waals surface area contributed by atoms with Crippen molar-refractivity contribution in [3.8, 4) is 0 Å². The lowest BCUT2D eigenvalue weighted by molar-refractivity contribution is -0.143. The van der Waals surface area contributed by atoms with E-state index in [1.807, 2.05) is 0 Å². The normalized spacial score (nSPS) is 21.7. The number of nitrogens with zero attached hydrogens (tertiary/aromatic N) is 1. The quantitative estimate of drug-likeness (QED) is 0.737. The smallest absolute Gasteiger partial charge is 0.239 e. The van der Waals surface area contributed by atoms with E-state index in [0.29, 0.717) is 12.6 Å². The molecule has 0 aromatic rings. The SMILES string of the molecule is CN(CC(=O)NC1CC1)C(=O)C1(CN)CCCC1. The van der Waals surface area contributed by atoms with Crippen LogP contribution < -0.4 is 11.1 Å². The molecule has 5 heteroatoms. The van der Waals surface area contributed by atoms with Gasteiger partial charge in [-0.3, -0.25) is 9.59 Å². The van der Waals surface area contributed by atoms with Crippen molar-refractivity contribution in [1.29, 1.82) is 0 Å². The second-order valence-corrected chi connectivity index (χ2v) is 5.69. The monoisotopic (exact) mass is 253 g/mol. The number of amides is 2. The summed E-state index contributed by atoms with van der Waals surface area (Å²) in [6.07, 6.45) is 5.97. The number of likely N-dealkylation sites (N-methyl/N-ethyl adjacent to an activating group) is 1. The van der Waals surface area contributed by atoms with Crippen molar-refractivity contribution in [2.75, 3.05) is 20.1 Å². The van der Waals surface area contributed by atoms with Crippen LogP contribution >= 0.6 is 0 Å². The van der Waals surface area contributed by atoms with Crippen LogP contribution in [0, 0.1) is 5.41 Å². The van der Waals surface area contributed by atoms with Gasteiger partial charge in [-0.2, -0.15) is 0 Å². The average molecular weight is 253 g/mol. The molecule has 2 saturated carbocycles. The molecule has 18 heavy (non-hydrogen) atoms. The zero-order valence-corrected chi connectivity index (χ0v) is 11.1. The molecule has 2 aliphatic carbocycles. The first-order valence-electron chi connectivity index (χ1n) is 6.82. The predicted octanol–water partition coefficient (Wildman–Crippen LogP) is 0.243. The van der Waals surface area contributed by atoms with E-state index < -0.39 is 5.41 Å². The zero-order valence-electron chi connectivity index (χ0n) is 11.1. The van der Waals surface area contributed by atoms with Gasteiger partial charge < -0.3 is 16.0 Å². The van der Waals surface area contributed by atoms with Gasteiger partial charge in [-0.1, -0.05) is 12.8 Å². The third kappa shape index (κ3) is 2.83. The lowest BCUT2D eigenvalue weighted by Crippen LogP contribution is -2.48. The number of nitrogens with one attached hydrogen (secondary N) is 1. The van der Waals surface area contributed by atoms with Gasteiger partial charge >= 0.3 is 0 Å². The molecule has 0 radical (unpaired) electrons. The average Bonchev–Trinajstić information content (AvgIpc) is 3.02. The maximum Gasteiger partial charge on any atom is 0.239 e. The number of rotatable bonds is 5. The Morgan fingerprint density at radius 3 is 2.44 bits per heavy atom. The highest BCUT2D eigenvalue weighted by atomic mass is 16.2. The summed E-state index contributed by atoms with van der Waals surface area (Å²) < 4.78 is 0. The minimum absolute atomic E-state index is 0.0356. The summed E-state index contributed by atoms with van der Waals surface area (Å²) in [6.45, 7) is 0.539. The molecule has 2 rings (SSSR count). The summed E-state index contributed by atoms with van der Waals surface area (Å²) >= 11 is 0. The first-order valence-corrected chi connectivity index (χ1v) is 6.82. The Balaban J connectivity index is 1.88. The summed E-state index contributed by atoms with van der Waals surface area (Å²) in [6, 6.07) is 0.343. The van der Waals surface area contributed by atoms with Crippen LogP contribution in [0.25, 0.3) is 0 Å². The highest BCUT2D eigenvalue weighted by Crippen LogP contribution is 2.38. The summed E-state index contributed by atoms with van der Waals surface area (Å²) in [5, 5.41) is 2.90. The highest BCUT2D eigenvalue weighted by molar-refractivity contribution is 5.88. The predicted molar refractivity (Wildman–Crippen MR) is 68.8 cm³/mol. The van der Waals surface area contributed by atoms with E-state index >= 15 is 0 Å². The molecule has 0 bridgehead atoms. The van der Waals surface area contributed by atoms with Gasteiger partial charge in [-0.15, -0.1) is 0 Å². The van der Waals surface area contributed by atoms with Crippen LogP contribution in [0.1, 0.15) is 38.5 Å². The molecule has 0 heterocycles. The molecule has 102 valence electrons. The van der Waals surface area contributed by atoms with Crippen LogP contribution in [0.3, 0.4) is 0 Å². The van der Waals surface area contributed by atoms with Gasteiger partial charge in [0.2, 0.25) is 11.8 Å². The van der Waals surface area contributed by atoms with Gasteiger partial charge in [0.1, 0.15) is 0 Å². The first kappa shape index (κ1) is 13.3. The van der Waals surface area contributed by atoms with Crippen molar-refractivity contribution >= 4 is 11.8 Å². The Labute approximate surface area is 108 Å². The van der Waals surface area contributed by atoms with E-state index in [1.54, 1.807) is 7.05 Å². The lowest BCUT2D eigenvalue weighted by Gasteiger charge is -2.30. The molecular formula is C13H23N3O2. The van der Waals surface area contributed by atoms with Gasteiger partial charge in [-0.05, 0) is 25.7 Å². The first-order chi connectivity index (χ1) is 8.57. The lowest BCUT2D eigenvalue weighted by atomic mass is 9.85. The molecule has 5 nitrogen and oxygen atoms in total. The maximum absolute atomic E-state index is 12.4. The summed E-state index contributed by atoms with van der Waals surface area (Å²) in [5.41, 5.74) is 5.37. The van der Waals surface area contributed by atoms with E-state index in [4.69, 9.17) is 5.73 Å². The van der Waals surface area contributed by atoms with Crippen molar-refractivity contribution < 1.29 is 9.59 Å². The Hall–Kier alpha value is -1.10. The van der Waals surface area contributed by atoms with Crippen LogP contribution in [0.15, 0.2) is 0 Å². The van der Waals surface area contributed by atoms with Crippen LogP contribution in [-0.4, -0.2) is 42.9 Å². The van der Waals surface area contributed by atoms with E-state index in [-0.39, 0.29) is 18.4 Å². The fraction of sp³-hybridized carbons (Fsp3) is 0.846. The molecule has 0 aromatic heterocycles. The number of carbonyl (C=O) groups is 2. The third-order valence-electron chi connectivity index (χ3n) is 4.08. The van der Waals surface area contributed by atoms with Crippen molar-refractivity contribution in [2.24, 2.45) is 11.1 Å². The number of carbonyl (C=O) groups excluding carboxylic acids is 2. The Bertz CT molecular complexity index is 333. The largest absolute Gasteiger partial charge is 0.352 e. The Kier molecular flexibility index (Phi) is 3.90. The van der Waals surface area contributed by atoms with Gasteiger partial charge in [-0.25, -0.2) is 0 Å². The second-order valence-electron chi connectivity index (χ2n) is 5.69. The maximum atomic E-state index is 12.4. The molecule has 0 atom stereocenters. The Morgan fingerprint density at radius 1 is 1.33 bits per heavy atom. The number of nitrogens with two attached hydrogens (primary N) is 1. The second kappa shape index (κ2) is 5.26. The van der Waals surface area contributed by atoms with Crippen LogP contribution in [-0.2, 0) is 9.59 Å². The van der Waals surface area contributed by atoms with Crippen molar-refractivity contribution in [1.82, 2.24) is 10.2 Å². The summed E-state index contributed by atoms with van der Waals surface area (Å²) in [7, 11) is 1.70. The molecule has 0 unspecified atom stereocenters. The standard InChI is InChI=1S/C13H23N3O2/c1-16(8-11(17)15-10-4-5-10)12(18)13(9-14)6-2-3-7-13/h10H,2-9,14H2,1H3,(H,15,17). The van der Waals surface area contributed by atoms with Crippen LogP contribution in [0.4, 0.5) is 0 Å². The van der Waals surface area contributed by atoms with Gasteiger partial charge in [0.25, 0.3) is 0 Å². The van der Waals surface area contributed by atoms with Crippen molar-refractivity contribution in [3.05, 3.63) is 0 Å². The molecule has 2 aliphatic rings. The van der Waals surface area contributed by atoms with E-state index in [2.05, 4.69) is 5.32 Å². The van der Waals surface area contributed by atoms with Gasteiger partial charge in [0.15, 0.2) is 0 Å². The van der Waals surface area contributed by atoms with E-state index in [9.17, 15) is 9.59 Å². The third-order valence-corrected chi connectivity index (χ3v) is 4.08. The van der Waals surface area contributed by atoms with Crippen molar-refractivity contribution in [3.63, 3.8) is 0 Å². The molecule has 3 N–H and O–H groups in total. The fourth-order valence-corrected chi connectivity index (χ4v) is 2.75. The molecule has 2 amide bonds. The number of hydrogen-bond acceptors (Lipinski definition) is 3. The topological polar surface area (TPSA) is 75.4 Å². The van der Waals surface area contributed by atoms with Gasteiger partial charge in [0.05, 0.1) is 12.0 Å². The molecular weight excluding hydrogens is 230 g/mol. The molecule has 0 aliphatic heterocycles.